The van der Waals surface area contributed by atoms with E-state index in [2.05, 4.69) is 5.32 Å². The van der Waals surface area contributed by atoms with Crippen molar-refractivity contribution in [2.75, 3.05) is 52.3 Å². The van der Waals surface area contributed by atoms with Gasteiger partial charge in [-0.1, -0.05) is 41.9 Å². The number of halogens is 1. The highest BCUT2D eigenvalue weighted by molar-refractivity contribution is 6.31. The van der Waals surface area contributed by atoms with Crippen LogP contribution in [0.1, 0.15) is 11.6 Å². The summed E-state index contributed by atoms with van der Waals surface area (Å²) < 4.78 is 10.6. The lowest BCUT2D eigenvalue weighted by Gasteiger charge is -2.34. The molecule has 30 heavy (non-hydrogen) atoms. The highest BCUT2D eigenvalue weighted by atomic mass is 35.5. The van der Waals surface area contributed by atoms with Gasteiger partial charge >= 0.3 is 0 Å². The third kappa shape index (κ3) is 5.50. The molecular formula is C22H26ClN3O4. The summed E-state index contributed by atoms with van der Waals surface area (Å²) in [6.45, 7) is 2.15. The van der Waals surface area contributed by atoms with E-state index < -0.39 is 6.04 Å². The van der Waals surface area contributed by atoms with Crippen LogP contribution >= 0.6 is 11.6 Å². The summed E-state index contributed by atoms with van der Waals surface area (Å²) in [5, 5.41) is 3.31. The highest BCUT2D eigenvalue weighted by Gasteiger charge is 2.31. The van der Waals surface area contributed by atoms with Crippen LogP contribution in [-0.4, -0.2) is 68.6 Å². The summed E-state index contributed by atoms with van der Waals surface area (Å²) >= 11 is 6.04. The molecule has 2 aromatic carbocycles. The van der Waals surface area contributed by atoms with E-state index in [4.69, 9.17) is 21.1 Å². The van der Waals surface area contributed by atoms with E-state index in [9.17, 15) is 9.59 Å². The van der Waals surface area contributed by atoms with Crippen LogP contribution in [0.15, 0.2) is 48.5 Å². The fourth-order valence-corrected chi connectivity index (χ4v) is 3.64. The smallest absolute Gasteiger partial charge is 0.244 e. The van der Waals surface area contributed by atoms with Crippen LogP contribution in [0, 0.1) is 0 Å². The van der Waals surface area contributed by atoms with Gasteiger partial charge in [0.2, 0.25) is 11.8 Å². The van der Waals surface area contributed by atoms with E-state index in [1.165, 1.54) is 7.11 Å². The number of morpholine rings is 1. The Kier molecular flexibility index (Phi) is 7.68. The zero-order valence-electron chi connectivity index (χ0n) is 17.1. The summed E-state index contributed by atoms with van der Waals surface area (Å²) in [4.78, 5) is 29.6. The lowest BCUT2D eigenvalue weighted by atomic mass is 10.0. The van der Waals surface area contributed by atoms with Crippen LogP contribution in [0.5, 0.6) is 5.75 Å². The van der Waals surface area contributed by atoms with Gasteiger partial charge in [-0.25, -0.2) is 0 Å². The zero-order chi connectivity index (χ0) is 21.5. The first-order chi connectivity index (χ1) is 14.5. The fraction of sp³-hybridized carbons (Fsp3) is 0.364. The van der Waals surface area contributed by atoms with Gasteiger partial charge in [0.25, 0.3) is 0 Å². The molecule has 0 aliphatic carbocycles. The Morgan fingerprint density at radius 1 is 1.20 bits per heavy atom. The van der Waals surface area contributed by atoms with Crippen LogP contribution in [0.4, 0.5) is 5.69 Å². The minimum absolute atomic E-state index is 0.0192. The maximum atomic E-state index is 13.3. The number of likely N-dealkylation sites (N-methyl/N-ethyl adjacent to an activating group) is 1. The molecule has 1 unspecified atom stereocenters. The SMILES string of the molecule is COc1ccc(Cl)cc1NC(=O)CN(C)C(C(=O)N1CCOCC1)c1ccccc1. The minimum Gasteiger partial charge on any atom is -0.495 e. The molecule has 0 spiro atoms. The van der Waals surface area contributed by atoms with Gasteiger partial charge in [0.05, 0.1) is 32.6 Å². The summed E-state index contributed by atoms with van der Waals surface area (Å²) in [6.07, 6.45) is 0. The topological polar surface area (TPSA) is 71.1 Å². The number of nitrogens with zero attached hydrogens (tertiary/aromatic N) is 2. The summed E-state index contributed by atoms with van der Waals surface area (Å²) in [5.41, 5.74) is 1.32. The molecule has 160 valence electrons. The zero-order valence-corrected chi connectivity index (χ0v) is 17.9. The molecule has 1 N–H and O–H groups in total. The molecule has 2 aromatic rings. The van der Waals surface area contributed by atoms with Crippen molar-refractivity contribution < 1.29 is 19.1 Å². The van der Waals surface area contributed by atoms with Gasteiger partial charge in [0.15, 0.2) is 0 Å². The molecule has 3 rings (SSSR count). The quantitative estimate of drug-likeness (QED) is 0.730. The van der Waals surface area contributed by atoms with Gasteiger partial charge < -0.3 is 19.7 Å². The number of rotatable bonds is 7. The number of amides is 2. The van der Waals surface area contributed by atoms with E-state index in [-0.39, 0.29) is 18.4 Å². The molecule has 1 atom stereocenters. The normalized spacial score (nSPS) is 15.0. The highest BCUT2D eigenvalue weighted by Crippen LogP contribution is 2.28. The average molecular weight is 432 g/mol. The molecule has 1 aliphatic heterocycles. The molecule has 7 nitrogen and oxygen atoms in total. The molecule has 1 saturated heterocycles. The Balaban J connectivity index is 1.76. The van der Waals surface area contributed by atoms with Gasteiger partial charge in [-0.3, -0.25) is 14.5 Å². The Hall–Kier alpha value is -2.61. The number of methoxy groups -OCH3 is 1. The molecule has 8 heteroatoms. The number of hydrogen-bond acceptors (Lipinski definition) is 5. The Morgan fingerprint density at radius 3 is 2.57 bits per heavy atom. The van der Waals surface area contributed by atoms with E-state index in [0.29, 0.717) is 42.8 Å². The van der Waals surface area contributed by atoms with Gasteiger partial charge in [-0.05, 0) is 30.8 Å². The van der Waals surface area contributed by atoms with Crippen molar-refractivity contribution >= 4 is 29.1 Å². The first-order valence-corrected chi connectivity index (χ1v) is 10.1. The second kappa shape index (κ2) is 10.4. The van der Waals surface area contributed by atoms with Crippen molar-refractivity contribution in [3.8, 4) is 5.75 Å². The number of anilines is 1. The number of nitrogens with one attached hydrogen (secondary N) is 1. The molecule has 0 aromatic heterocycles. The summed E-state index contributed by atoms with van der Waals surface area (Å²) in [5.74, 6) is 0.202. The fourth-order valence-electron chi connectivity index (χ4n) is 3.46. The average Bonchev–Trinajstić information content (AvgIpc) is 2.75. The lowest BCUT2D eigenvalue weighted by Crippen LogP contribution is -2.48. The predicted molar refractivity (Wildman–Crippen MR) is 116 cm³/mol. The standard InChI is InChI=1S/C22H26ClN3O4/c1-25(15-20(27)24-18-14-17(23)8-9-19(18)29-2)21(16-6-4-3-5-7-16)22(28)26-10-12-30-13-11-26/h3-9,14,21H,10-13,15H2,1-2H3,(H,24,27). The first-order valence-electron chi connectivity index (χ1n) is 9.74. The molecule has 1 aliphatic rings. The lowest BCUT2D eigenvalue weighted by molar-refractivity contribution is -0.141. The van der Waals surface area contributed by atoms with E-state index in [0.717, 1.165) is 5.56 Å². The van der Waals surface area contributed by atoms with E-state index >= 15 is 0 Å². The van der Waals surface area contributed by atoms with Crippen molar-refractivity contribution in [3.63, 3.8) is 0 Å². The Morgan fingerprint density at radius 2 is 1.90 bits per heavy atom. The second-order valence-electron chi connectivity index (χ2n) is 7.06. The van der Waals surface area contributed by atoms with Crippen molar-refractivity contribution in [3.05, 3.63) is 59.1 Å². The third-order valence-corrected chi connectivity index (χ3v) is 5.18. The van der Waals surface area contributed by atoms with Crippen LogP contribution < -0.4 is 10.1 Å². The van der Waals surface area contributed by atoms with Crippen LogP contribution in [0.25, 0.3) is 0 Å². The van der Waals surface area contributed by atoms with Crippen molar-refractivity contribution in [2.45, 2.75) is 6.04 Å². The summed E-state index contributed by atoms with van der Waals surface area (Å²) in [7, 11) is 3.29. The van der Waals surface area contributed by atoms with Gasteiger partial charge in [-0.15, -0.1) is 0 Å². The van der Waals surface area contributed by atoms with Crippen molar-refractivity contribution in [1.29, 1.82) is 0 Å². The number of benzene rings is 2. The van der Waals surface area contributed by atoms with Gasteiger partial charge in [-0.2, -0.15) is 0 Å². The first kappa shape index (κ1) is 22.1. The van der Waals surface area contributed by atoms with Crippen LogP contribution in [0.3, 0.4) is 0 Å². The molecule has 0 saturated carbocycles. The molecular weight excluding hydrogens is 406 g/mol. The van der Waals surface area contributed by atoms with Gasteiger partial charge in [0, 0.05) is 18.1 Å². The maximum absolute atomic E-state index is 13.3. The maximum Gasteiger partial charge on any atom is 0.244 e. The molecule has 1 fully saturated rings. The van der Waals surface area contributed by atoms with E-state index in [1.54, 1.807) is 35.0 Å². The van der Waals surface area contributed by atoms with Crippen molar-refractivity contribution in [1.82, 2.24) is 9.80 Å². The van der Waals surface area contributed by atoms with E-state index in [1.807, 2.05) is 30.3 Å². The van der Waals surface area contributed by atoms with Crippen LogP contribution in [0.2, 0.25) is 5.02 Å². The minimum atomic E-state index is -0.573. The number of carbonyl (C=O) groups excluding carboxylic acids is 2. The monoisotopic (exact) mass is 431 g/mol. The molecule has 1 heterocycles. The number of hydrogen-bond donors (Lipinski definition) is 1. The second-order valence-corrected chi connectivity index (χ2v) is 7.50. The molecule has 0 bridgehead atoms. The third-order valence-electron chi connectivity index (χ3n) is 4.94. The van der Waals surface area contributed by atoms with Crippen LogP contribution in [-0.2, 0) is 14.3 Å². The van der Waals surface area contributed by atoms with Crippen molar-refractivity contribution in [2.24, 2.45) is 0 Å². The summed E-state index contributed by atoms with van der Waals surface area (Å²) in [6, 6.07) is 13.9. The Bertz CT molecular complexity index is 872. The number of carbonyl (C=O) groups is 2. The largest absolute Gasteiger partial charge is 0.495 e. The molecule has 2 amide bonds. The molecule has 0 radical (unpaired) electrons. The Labute approximate surface area is 181 Å². The number of ether oxygens (including phenoxy) is 2. The van der Waals surface area contributed by atoms with Gasteiger partial charge in [0.1, 0.15) is 11.8 Å². The predicted octanol–water partition coefficient (Wildman–Crippen LogP) is 2.82.